The van der Waals surface area contributed by atoms with Gasteiger partial charge in [0.15, 0.2) is 0 Å². The van der Waals surface area contributed by atoms with Gasteiger partial charge in [-0.15, -0.1) is 0 Å². The van der Waals surface area contributed by atoms with Crippen LogP contribution in [0.25, 0.3) is 10.8 Å². The zero-order chi connectivity index (χ0) is 13.8. The number of nitrogens with one attached hydrogen (secondary N) is 1. The van der Waals surface area contributed by atoms with Crippen molar-refractivity contribution in [3.63, 3.8) is 0 Å². The number of benzene rings is 2. The lowest BCUT2D eigenvalue weighted by molar-refractivity contribution is 0.174. The molecule has 4 heteroatoms. The lowest BCUT2D eigenvalue weighted by Gasteiger charge is -2.12. The molecule has 1 atom stereocenters. The van der Waals surface area contributed by atoms with Crippen LogP contribution in [0.15, 0.2) is 59.3 Å². The Labute approximate surface area is 117 Å². The van der Waals surface area contributed by atoms with E-state index >= 15 is 0 Å². The van der Waals surface area contributed by atoms with Crippen LogP contribution in [-0.2, 0) is 6.54 Å². The van der Waals surface area contributed by atoms with Crippen molar-refractivity contribution in [2.24, 2.45) is 0 Å². The van der Waals surface area contributed by atoms with Gasteiger partial charge in [0.1, 0.15) is 6.26 Å². The summed E-state index contributed by atoms with van der Waals surface area (Å²) in [7, 11) is 0. The maximum Gasteiger partial charge on any atom is 0.124 e. The second-order valence-corrected chi connectivity index (χ2v) is 4.74. The number of aliphatic hydroxyl groups is 1. The third kappa shape index (κ3) is 2.87. The van der Waals surface area contributed by atoms with Crippen LogP contribution >= 0.6 is 0 Å². The number of aromatic nitrogens is 1. The quantitative estimate of drug-likeness (QED) is 0.747. The van der Waals surface area contributed by atoms with Crippen LogP contribution in [0.4, 0.5) is 0 Å². The molecule has 0 amide bonds. The number of aliphatic hydroxyl groups excluding tert-OH is 1. The molecule has 4 nitrogen and oxygen atoms in total. The van der Waals surface area contributed by atoms with E-state index in [0.717, 1.165) is 16.6 Å². The Balaban J connectivity index is 1.64. The van der Waals surface area contributed by atoms with Gasteiger partial charge in [0.25, 0.3) is 0 Å². The summed E-state index contributed by atoms with van der Waals surface area (Å²) in [6, 6.07) is 15.9. The Bertz CT molecular complexity index is 680. The molecule has 0 aliphatic heterocycles. The van der Waals surface area contributed by atoms with Gasteiger partial charge in [-0.1, -0.05) is 41.6 Å². The molecule has 102 valence electrons. The molecule has 0 radical (unpaired) electrons. The third-order valence-electron chi connectivity index (χ3n) is 3.29. The van der Waals surface area contributed by atoms with E-state index in [1.165, 1.54) is 11.6 Å². The molecular formula is C16H16N2O2. The van der Waals surface area contributed by atoms with Gasteiger partial charge in [0.2, 0.25) is 0 Å². The van der Waals surface area contributed by atoms with Gasteiger partial charge in [-0.3, -0.25) is 0 Å². The van der Waals surface area contributed by atoms with E-state index in [0.29, 0.717) is 13.1 Å². The topological polar surface area (TPSA) is 58.3 Å². The van der Waals surface area contributed by atoms with Gasteiger partial charge in [-0.25, -0.2) is 0 Å². The van der Waals surface area contributed by atoms with Crippen LogP contribution in [0.5, 0.6) is 0 Å². The molecule has 0 aliphatic carbocycles. The molecule has 0 spiro atoms. The van der Waals surface area contributed by atoms with Gasteiger partial charge in [-0.2, -0.15) is 0 Å². The van der Waals surface area contributed by atoms with Crippen molar-refractivity contribution in [1.29, 1.82) is 0 Å². The Hall–Kier alpha value is -2.17. The molecule has 1 unspecified atom stereocenters. The minimum absolute atomic E-state index is 0.477. The zero-order valence-corrected chi connectivity index (χ0v) is 11.0. The van der Waals surface area contributed by atoms with E-state index < -0.39 is 6.10 Å². The number of hydrogen-bond donors (Lipinski definition) is 2. The first-order valence-corrected chi connectivity index (χ1v) is 6.60. The van der Waals surface area contributed by atoms with Crippen LogP contribution < -0.4 is 5.32 Å². The van der Waals surface area contributed by atoms with E-state index in [2.05, 4.69) is 16.5 Å². The first-order valence-electron chi connectivity index (χ1n) is 6.60. The van der Waals surface area contributed by atoms with Gasteiger partial charge in [0.05, 0.1) is 11.8 Å². The smallest absolute Gasteiger partial charge is 0.124 e. The van der Waals surface area contributed by atoms with E-state index in [4.69, 9.17) is 4.52 Å². The second kappa shape index (κ2) is 5.86. The Kier molecular flexibility index (Phi) is 3.76. The first-order chi connectivity index (χ1) is 9.83. The van der Waals surface area contributed by atoms with Crippen LogP contribution in [-0.4, -0.2) is 16.8 Å². The lowest BCUT2D eigenvalue weighted by atomic mass is 10.0. The fourth-order valence-corrected chi connectivity index (χ4v) is 2.20. The summed E-state index contributed by atoms with van der Waals surface area (Å²) in [5, 5.41) is 19.5. The summed E-state index contributed by atoms with van der Waals surface area (Å²) in [6.07, 6.45) is 1.00. The van der Waals surface area contributed by atoms with Gasteiger partial charge in [0, 0.05) is 19.2 Å². The highest BCUT2D eigenvalue weighted by atomic mass is 16.5. The summed E-state index contributed by atoms with van der Waals surface area (Å²) in [4.78, 5) is 0. The van der Waals surface area contributed by atoms with Crippen molar-refractivity contribution < 1.29 is 9.63 Å². The fraction of sp³-hybridized carbons (Fsp3) is 0.188. The number of hydrogen-bond acceptors (Lipinski definition) is 4. The van der Waals surface area contributed by atoms with E-state index in [1.807, 2.05) is 36.4 Å². The van der Waals surface area contributed by atoms with E-state index in [1.54, 1.807) is 6.07 Å². The highest BCUT2D eigenvalue weighted by Crippen LogP contribution is 2.20. The van der Waals surface area contributed by atoms with Crippen molar-refractivity contribution in [3.05, 3.63) is 66.1 Å². The number of nitrogens with zero attached hydrogens (tertiary/aromatic N) is 1. The molecule has 0 fully saturated rings. The average molecular weight is 268 g/mol. The van der Waals surface area contributed by atoms with Crippen molar-refractivity contribution in [3.8, 4) is 0 Å². The van der Waals surface area contributed by atoms with Gasteiger partial charge >= 0.3 is 0 Å². The van der Waals surface area contributed by atoms with Crippen molar-refractivity contribution >= 4 is 10.8 Å². The fourth-order valence-electron chi connectivity index (χ4n) is 2.20. The molecule has 0 bridgehead atoms. The standard InChI is InChI=1S/C16H16N2O2/c19-16(11-17-10-15-7-8-20-18-15)14-6-5-12-3-1-2-4-13(12)9-14/h1-9,16-17,19H,10-11H2. The normalized spacial score (nSPS) is 12.7. The van der Waals surface area contributed by atoms with Gasteiger partial charge < -0.3 is 14.9 Å². The summed E-state index contributed by atoms with van der Waals surface area (Å²) < 4.78 is 4.75. The van der Waals surface area contributed by atoms with Crippen molar-refractivity contribution in [1.82, 2.24) is 10.5 Å². The van der Waals surface area contributed by atoms with Gasteiger partial charge in [-0.05, 0) is 22.4 Å². The maximum atomic E-state index is 10.2. The monoisotopic (exact) mass is 268 g/mol. The second-order valence-electron chi connectivity index (χ2n) is 4.74. The molecule has 1 heterocycles. The first kappa shape index (κ1) is 12.8. The Morgan fingerprint density at radius 2 is 1.95 bits per heavy atom. The molecule has 3 aromatic rings. The third-order valence-corrected chi connectivity index (χ3v) is 3.29. The number of rotatable bonds is 5. The molecule has 0 saturated heterocycles. The van der Waals surface area contributed by atoms with Crippen molar-refractivity contribution in [2.75, 3.05) is 6.54 Å². The molecule has 20 heavy (non-hydrogen) atoms. The van der Waals surface area contributed by atoms with E-state index in [-0.39, 0.29) is 0 Å². The Morgan fingerprint density at radius 3 is 2.75 bits per heavy atom. The average Bonchev–Trinajstić information content (AvgIpc) is 3.00. The molecule has 3 rings (SSSR count). The maximum absolute atomic E-state index is 10.2. The van der Waals surface area contributed by atoms with Crippen LogP contribution in [0, 0.1) is 0 Å². The lowest BCUT2D eigenvalue weighted by Crippen LogP contribution is -2.21. The van der Waals surface area contributed by atoms with Crippen LogP contribution in [0.2, 0.25) is 0 Å². The van der Waals surface area contributed by atoms with Crippen LogP contribution in [0.1, 0.15) is 17.4 Å². The predicted molar refractivity (Wildman–Crippen MR) is 77.1 cm³/mol. The minimum Gasteiger partial charge on any atom is -0.387 e. The highest BCUT2D eigenvalue weighted by Gasteiger charge is 2.08. The number of fused-ring (bicyclic) bond motifs is 1. The summed E-state index contributed by atoms with van der Waals surface area (Å²) in [5.41, 5.74) is 1.74. The van der Waals surface area contributed by atoms with Crippen LogP contribution in [0.3, 0.4) is 0 Å². The largest absolute Gasteiger partial charge is 0.387 e. The molecule has 2 aromatic carbocycles. The highest BCUT2D eigenvalue weighted by molar-refractivity contribution is 5.83. The predicted octanol–water partition coefficient (Wildman–Crippen LogP) is 2.65. The minimum atomic E-state index is -0.536. The molecule has 2 N–H and O–H groups in total. The molecule has 0 saturated carbocycles. The van der Waals surface area contributed by atoms with Crippen molar-refractivity contribution in [2.45, 2.75) is 12.6 Å². The Morgan fingerprint density at radius 1 is 1.10 bits per heavy atom. The zero-order valence-electron chi connectivity index (χ0n) is 11.0. The SMILES string of the molecule is OC(CNCc1ccon1)c1ccc2ccccc2c1. The summed E-state index contributed by atoms with van der Waals surface area (Å²) >= 11 is 0. The summed E-state index contributed by atoms with van der Waals surface area (Å²) in [5.74, 6) is 0. The van der Waals surface area contributed by atoms with E-state index in [9.17, 15) is 5.11 Å². The summed E-state index contributed by atoms with van der Waals surface area (Å²) in [6.45, 7) is 1.06. The molecule has 0 aliphatic rings. The molecular weight excluding hydrogens is 252 g/mol. The molecule has 1 aromatic heterocycles.